The summed E-state index contributed by atoms with van der Waals surface area (Å²) in [6.07, 6.45) is 1.40. The first-order valence-corrected chi connectivity index (χ1v) is 6.54. The van der Waals surface area contributed by atoms with Gasteiger partial charge in [0.05, 0.1) is 29.4 Å². The lowest BCUT2D eigenvalue weighted by atomic mass is 10.1. The number of nitrogens with zero attached hydrogens (tertiary/aromatic N) is 2. The largest absolute Gasteiger partial charge is 0.383 e. The molecule has 2 rings (SSSR count). The summed E-state index contributed by atoms with van der Waals surface area (Å²) in [5.41, 5.74) is -0.501. The molecule has 1 heterocycles. The van der Waals surface area contributed by atoms with Crippen molar-refractivity contribution < 1.29 is 18.3 Å². The summed E-state index contributed by atoms with van der Waals surface area (Å²) in [6.45, 7) is 0.632. The molecule has 0 radical (unpaired) electrons. The zero-order valence-corrected chi connectivity index (χ0v) is 12.2. The maximum Gasteiger partial charge on any atom is 0.218 e. The number of rotatable bonds is 5. The molecular weight excluding hydrogens is 334 g/mol. The molecule has 0 aliphatic heterocycles. The van der Waals surface area contributed by atoms with Crippen molar-refractivity contribution in [2.24, 2.45) is 0 Å². The van der Waals surface area contributed by atoms with Gasteiger partial charge in [-0.05, 0) is 28.1 Å². The average molecular weight is 345 g/mol. The van der Waals surface area contributed by atoms with Crippen LogP contribution in [-0.4, -0.2) is 29.3 Å². The molecule has 106 valence electrons. The highest BCUT2D eigenvalue weighted by molar-refractivity contribution is 9.10. The van der Waals surface area contributed by atoms with Crippen molar-refractivity contribution in [3.8, 4) is 0 Å². The van der Waals surface area contributed by atoms with Crippen LogP contribution in [-0.2, 0) is 11.3 Å². The molecule has 0 unspecified atom stereocenters. The first-order valence-electron chi connectivity index (χ1n) is 5.75. The smallest absolute Gasteiger partial charge is 0.218 e. The summed E-state index contributed by atoms with van der Waals surface area (Å²) >= 11 is 3.17. The van der Waals surface area contributed by atoms with Gasteiger partial charge in [-0.2, -0.15) is 5.10 Å². The van der Waals surface area contributed by atoms with Crippen LogP contribution in [0.3, 0.4) is 0 Å². The molecule has 0 aliphatic rings. The lowest BCUT2D eigenvalue weighted by molar-refractivity contribution is 0.101. The molecule has 0 fully saturated rings. The molecule has 0 saturated heterocycles. The van der Waals surface area contributed by atoms with E-state index in [2.05, 4.69) is 21.0 Å². The minimum atomic E-state index is -0.901. The van der Waals surface area contributed by atoms with Gasteiger partial charge in [0.25, 0.3) is 0 Å². The summed E-state index contributed by atoms with van der Waals surface area (Å²) in [7, 11) is 1.51. The predicted molar refractivity (Wildman–Crippen MR) is 71.6 cm³/mol. The Morgan fingerprint density at radius 3 is 2.65 bits per heavy atom. The number of hydrogen-bond donors (Lipinski definition) is 0. The lowest BCUT2D eigenvalue weighted by Gasteiger charge is -2.08. The van der Waals surface area contributed by atoms with Crippen LogP contribution in [0, 0.1) is 11.6 Å². The number of carbonyl (C=O) groups is 1. The number of halogens is 3. The Hall–Kier alpha value is -1.60. The van der Waals surface area contributed by atoms with E-state index in [1.807, 2.05) is 0 Å². The van der Waals surface area contributed by atoms with Crippen molar-refractivity contribution in [1.29, 1.82) is 0 Å². The molecule has 0 spiro atoms. The van der Waals surface area contributed by atoms with Crippen molar-refractivity contribution in [3.05, 3.63) is 51.8 Å². The second kappa shape index (κ2) is 6.23. The van der Waals surface area contributed by atoms with E-state index in [-0.39, 0.29) is 5.69 Å². The van der Waals surface area contributed by atoms with Crippen molar-refractivity contribution in [2.45, 2.75) is 6.54 Å². The third kappa shape index (κ3) is 2.78. The van der Waals surface area contributed by atoms with Gasteiger partial charge in [-0.25, -0.2) is 8.78 Å². The number of methoxy groups -OCH3 is 1. The molecule has 0 N–H and O–H groups in total. The quantitative estimate of drug-likeness (QED) is 0.783. The average Bonchev–Trinajstić information content (AvgIpc) is 2.77. The van der Waals surface area contributed by atoms with Crippen LogP contribution in [0.5, 0.6) is 0 Å². The van der Waals surface area contributed by atoms with Crippen LogP contribution in [0.4, 0.5) is 8.78 Å². The van der Waals surface area contributed by atoms with Crippen molar-refractivity contribution >= 4 is 21.7 Å². The van der Waals surface area contributed by atoms with Gasteiger partial charge in [0.2, 0.25) is 5.78 Å². The first kappa shape index (κ1) is 14.8. The van der Waals surface area contributed by atoms with Gasteiger partial charge in [0.1, 0.15) is 17.3 Å². The molecule has 0 aliphatic carbocycles. The Bertz CT molecular complexity index is 623. The lowest BCUT2D eigenvalue weighted by Crippen LogP contribution is -2.16. The van der Waals surface area contributed by atoms with E-state index >= 15 is 0 Å². The van der Waals surface area contributed by atoms with Gasteiger partial charge >= 0.3 is 0 Å². The van der Waals surface area contributed by atoms with E-state index in [4.69, 9.17) is 4.74 Å². The van der Waals surface area contributed by atoms with Gasteiger partial charge in [-0.15, -0.1) is 0 Å². The summed E-state index contributed by atoms with van der Waals surface area (Å²) in [5.74, 6) is -2.57. The summed E-state index contributed by atoms with van der Waals surface area (Å²) in [5, 5.41) is 3.98. The van der Waals surface area contributed by atoms with E-state index in [9.17, 15) is 13.6 Å². The van der Waals surface area contributed by atoms with Gasteiger partial charge in [0, 0.05) is 7.11 Å². The third-order valence-electron chi connectivity index (χ3n) is 2.71. The molecule has 7 heteroatoms. The molecule has 0 amide bonds. The minimum Gasteiger partial charge on any atom is -0.383 e. The molecule has 0 saturated carbocycles. The summed E-state index contributed by atoms with van der Waals surface area (Å²) in [6, 6.07) is 3.29. The highest BCUT2D eigenvalue weighted by atomic mass is 79.9. The van der Waals surface area contributed by atoms with Crippen LogP contribution in [0.25, 0.3) is 0 Å². The maximum atomic E-state index is 13.7. The number of ether oxygens (including phenoxy) is 1. The van der Waals surface area contributed by atoms with Crippen molar-refractivity contribution in [1.82, 2.24) is 9.78 Å². The predicted octanol–water partition coefficient (Wildman–Crippen LogP) is 2.80. The van der Waals surface area contributed by atoms with Crippen molar-refractivity contribution in [3.63, 3.8) is 0 Å². The first-order chi connectivity index (χ1) is 9.56. The van der Waals surface area contributed by atoms with E-state index < -0.39 is 23.0 Å². The number of aromatic nitrogens is 2. The zero-order chi connectivity index (χ0) is 14.7. The number of ketones is 1. The number of benzene rings is 1. The number of carbonyl (C=O) groups excluding carboxylic acids is 1. The summed E-state index contributed by atoms with van der Waals surface area (Å²) in [4.78, 5) is 12.3. The monoisotopic (exact) mass is 344 g/mol. The van der Waals surface area contributed by atoms with Crippen LogP contribution in [0.15, 0.2) is 28.9 Å². The third-order valence-corrected chi connectivity index (χ3v) is 3.29. The highest BCUT2D eigenvalue weighted by Crippen LogP contribution is 2.23. The molecule has 1 aromatic carbocycles. The van der Waals surface area contributed by atoms with Crippen LogP contribution in [0.1, 0.15) is 16.1 Å². The molecule has 4 nitrogen and oxygen atoms in total. The van der Waals surface area contributed by atoms with Crippen molar-refractivity contribution in [2.75, 3.05) is 13.7 Å². The van der Waals surface area contributed by atoms with Crippen LogP contribution < -0.4 is 0 Å². The maximum absolute atomic E-state index is 13.7. The van der Waals surface area contributed by atoms with Gasteiger partial charge in [-0.3, -0.25) is 9.48 Å². The normalized spacial score (nSPS) is 10.8. The standard InChI is InChI=1S/C13H11BrF2N2O2/c1-20-6-5-18-12(8(14)7-17-18)13(19)11-9(15)3-2-4-10(11)16/h2-4,7H,5-6H2,1H3. The Kier molecular flexibility index (Phi) is 4.61. The number of hydrogen-bond acceptors (Lipinski definition) is 3. The minimum absolute atomic E-state index is 0.0889. The zero-order valence-electron chi connectivity index (χ0n) is 10.6. The van der Waals surface area contributed by atoms with Crippen LogP contribution >= 0.6 is 15.9 Å². The fourth-order valence-electron chi connectivity index (χ4n) is 1.77. The van der Waals surface area contributed by atoms with E-state index in [1.54, 1.807) is 0 Å². The fourth-order valence-corrected chi connectivity index (χ4v) is 2.24. The SMILES string of the molecule is COCCn1ncc(Br)c1C(=O)c1c(F)cccc1F. The molecule has 0 atom stereocenters. The van der Waals surface area contributed by atoms with Crippen LogP contribution in [0.2, 0.25) is 0 Å². The topological polar surface area (TPSA) is 44.1 Å². The van der Waals surface area contributed by atoms with E-state index in [0.29, 0.717) is 17.6 Å². The van der Waals surface area contributed by atoms with Gasteiger partial charge in [-0.1, -0.05) is 6.07 Å². The Labute approximate surface area is 122 Å². The Morgan fingerprint density at radius 1 is 1.40 bits per heavy atom. The second-order valence-corrected chi connectivity index (χ2v) is 4.84. The molecular formula is C13H11BrF2N2O2. The van der Waals surface area contributed by atoms with E-state index in [1.165, 1.54) is 24.1 Å². The molecule has 1 aromatic heterocycles. The molecule has 0 bridgehead atoms. The highest BCUT2D eigenvalue weighted by Gasteiger charge is 2.24. The van der Waals surface area contributed by atoms with E-state index in [0.717, 1.165) is 12.1 Å². The van der Waals surface area contributed by atoms with Gasteiger partial charge < -0.3 is 4.74 Å². The molecule has 20 heavy (non-hydrogen) atoms. The van der Waals surface area contributed by atoms with Gasteiger partial charge in [0.15, 0.2) is 0 Å². The molecule has 2 aromatic rings. The fraction of sp³-hybridized carbons (Fsp3) is 0.231. The second-order valence-electron chi connectivity index (χ2n) is 3.98. The summed E-state index contributed by atoms with van der Waals surface area (Å²) < 4.78 is 34.0. The Balaban J connectivity index is 2.46. The Morgan fingerprint density at radius 2 is 2.05 bits per heavy atom.